The molecule has 0 bridgehead atoms. The highest BCUT2D eigenvalue weighted by molar-refractivity contribution is 5.74. The number of aryl methyl sites for hydroxylation is 1. The van der Waals surface area contributed by atoms with Gasteiger partial charge in [-0.15, -0.1) is 0 Å². The lowest BCUT2D eigenvalue weighted by atomic mass is 10.1. The first-order valence-electron chi connectivity index (χ1n) is 7.84. The van der Waals surface area contributed by atoms with Crippen LogP contribution >= 0.6 is 0 Å². The number of ether oxygens (including phenoxy) is 2. The maximum absolute atomic E-state index is 12.3. The summed E-state index contributed by atoms with van der Waals surface area (Å²) >= 11 is 0. The molecule has 0 radical (unpaired) electrons. The standard InChI is InChI=1S/C15H24N4O3/c1-19-7-6-16-14(19)13-11(5-8-22-13)17-15(20)18-12(9-21-2)10-3-4-10/h6-7,10-13H,3-5,8-9H2,1-2H3,(H2,17,18,20)/t11-,12+,13-/m0/s1. The third kappa shape index (κ3) is 3.41. The molecule has 0 aromatic carbocycles. The second kappa shape index (κ2) is 6.66. The van der Waals surface area contributed by atoms with Gasteiger partial charge in [0.1, 0.15) is 11.9 Å². The van der Waals surface area contributed by atoms with E-state index in [1.807, 2.05) is 17.8 Å². The summed E-state index contributed by atoms with van der Waals surface area (Å²) in [5.74, 6) is 1.40. The molecule has 1 saturated carbocycles. The first-order chi connectivity index (χ1) is 10.7. The number of aromatic nitrogens is 2. The summed E-state index contributed by atoms with van der Waals surface area (Å²) in [6, 6.07) is -0.105. The van der Waals surface area contributed by atoms with Crippen molar-refractivity contribution in [2.75, 3.05) is 20.3 Å². The molecular weight excluding hydrogens is 284 g/mol. The minimum atomic E-state index is -0.187. The topological polar surface area (TPSA) is 77.4 Å². The van der Waals surface area contributed by atoms with Crippen molar-refractivity contribution in [3.05, 3.63) is 18.2 Å². The fourth-order valence-electron chi connectivity index (χ4n) is 3.00. The normalized spacial score (nSPS) is 25.9. The van der Waals surface area contributed by atoms with Crippen LogP contribution in [-0.2, 0) is 16.5 Å². The van der Waals surface area contributed by atoms with Gasteiger partial charge in [-0.3, -0.25) is 0 Å². The van der Waals surface area contributed by atoms with Crippen molar-refractivity contribution in [3.63, 3.8) is 0 Å². The highest BCUT2D eigenvalue weighted by Gasteiger charge is 2.36. The fourth-order valence-corrected chi connectivity index (χ4v) is 3.00. The fraction of sp³-hybridized carbons (Fsp3) is 0.733. The third-order valence-electron chi connectivity index (χ3n) is 4.37. The van der Waals surface area contributed by atoms with Crippen LogP contribution < -0.4 is 10.6 Å². The van der Waals surface area contributed by atoms with E-state index in [-0.39, 0.29) is 24.2 Å². The van der Waals surface area contributed by atoms with Crippen molar-refractivity contribution >= 4 is 6.03 Å². The van der Waals surface area contributed by atoms with Gasteiger partial charge in [0.2, 0.25) is 0 Å². The lowest BCUT2D eigenvalue weighted by molar-refractivity contribution is 0.0903. The Morgan fingerprint density at radius 3 is 3.00 bits per heavy atom. The summed E-state index contributed by atoms with van der Waals surface area (Å²) < 4.78 is 12.9. The van der Waals surface area contributed by atoms with Gasteiger partial charge in [0, 0.05) is 33.2 Å². The minimum Gasteiger partial charge on any atom is -0.383 e. The molecule has 2 fully saturated rings. The molecule has 7 nitrogen and oxygen atoms in total. The number of imidazole rings is 1. The van der Waals surface area contributed by atoms with E-state index >= 15 is 0 Å². The average Bonchev–Trinajstić information content (AvgIpc) is 3.11. The Labute approximate surface area is 130 Å². The van der Waals surface area contributed by atoms with Gasteiger partial charge < -0.3 is 24.7 Å². The van der Waals surface area contributed by atoms with Crippen molar-refractivity contribution in [2.24, 2.45) is 13.0 Å². The molecule has 0 unspecified atom stereocenters. The highest BCUT2D eigenvalue weighted by atomic mass is 16.5. The Morgan fingerprint density at radius 1 is 1.55 bits per heavy atom. The zero-order chi connectivity index (χ0) is 15.5. The second-order valence-electron chi connectivity index (χ2n) is 6.10. The van der Waals surface area contributed by atoms with Gasteiger partial charge in [0.25, 0.3) is 0 Å². The van der Waals surface area contributed by atoms with E-state index in [4.69, 9.17) is 9.47 Å². The maximum atomic E-state index is 12.3. The Hall–Kier alpha value is -1.60. The van der Waals surface area contributed by atoms with Gasteiger partial charge in [-0.05, 0) is 25.2 Å². The molecule has 2 heterocycles. The smallest absolute Gasteiger partial charge is 0.315 e. The molecule has 2 amide bonds. The van der Waals surface area contributed by atoms with E-state index < -0.39 is 0 Å². The van der Waals surface area contributed by atoms with Gasteiger partial charge in [-0.2, -0.15) is 0 Å². The number of hydrogen-bond acceptors (Lipinski definition) is 4. The van der Waals surface area contributed by atoms with Gasteiger partial charge >= 0.3 is 6.03 Å². The summed E-state index contributed by atoms with van der Waals surface area (Å²) in [6.07, 6.45) is 6.57. The molecule has 1 aromatic rings. The van der Waals surface area contributed by atoms with Gasteiger partial charge in [0.05, 0.1) is 18.7 Å². The molecule has 1 aliphatic heterocycles. The minimum absolute atomic E-state index is 0.0523. The molecule has 2 N–H and O–H groups in total. The molecule has 3 rings (SSSR count). The van der Waals surface area contributed by atoms with Crippen molar-refractivity contribution in [1.82, 2.24) is 20.2 Å². The van der Waals surface area contributed by atoms with E-state index in [0.717, 1.165) is 25.1 Å². The predicted molar refractivity (Wildman–Crippen MR) is 80.4 cm³/mol. The molecule has 7 heteroatoms. The van der Waals surface area contributed by atoms with Crippen molar-refractivity contribution in [1.29, 1.82) is 0 Å². The van der Waals surface area contributed by atoms with Gasteiger partial charge in [-0.25, -0.2) is 9.78 Å². The molecule has 1 saturated heterocycles. The van der Waals surface area contributed by atoms with Crippen LogP contribution in [0.4, 0.5) is 4.79 Å². The SMILES string of the molecule is COC[C@@H](NC(=O)N[C@H]1CCO[C@@H]1c1nccn1C)C1CC1. The first kappa shape index (κ1) is 15.3. The predicted octanol–water partition coefficient (Wildman–Crippen LogP) is 0.974. The number of hydrogen-bond donors (Lipinski definition) is 2. The van der Waals surface area contributed by atoms with Crippen LogP contribution in [0.1, 0.15) is 31.2 Å². The maximum Gasteiger partial charge on any atom is 0.315 e. The summed E-state index contributed by atoms with van der Waals surface area (Å²) in [6.45, 7) is 1.19. The van der Waals surface area contributed by atoms with Gasteiger partial charge in [0.15, 0.2) is 0 Å². The summed E-state index contributed by atoms with van der Waals surface area (Å²) in [5, 5.41) is 6.06. The van der Waals surface area contributed by atoms with Crippen LogP contribution in [0.3, 0.4) is 0 Å². The summed E-state index contributed by atoms with van der Waals surface area (Å²) in [7, 11) is 3.60. The largest absolute Gasteiger partial charge is 0.383 e. The highest BCUT2D eigenvalue weighted by Crippen LogP contribution is 2.33. The quantitative estimate of drug-likeness (QED) is 0.821. The molecule has 1 aliphatic carbocycles. The lowest BCUT2D eigenvalue weighted by Crippen LogP contribution is -2.49. The molecule has 3 atom stereocenters. The Kier molecular flexibility index (Phi) is 4.63. The zero-order valence-electron chi connectivity index (χ0n) is 13.1. The Balaban J connectivity index is 1.57. The van der Waals surface area contributed by atoms with E-state index in [2.05, 4.69) is 15.6 Å². The molecule has 1 aromatic heterocycles. The molecule has 122 valence electrons. The molecular formula is C15H24N4O3. The van der Waals surface area contributed by atoms with Gasteiger partial charge in [-0.1, -0.05) is 0 Å². The van der Waals surface area contributed by atoms with Crippen molar-refractivity contribution < 1.29 is 14.3 Å². The molecule has 2 aliphatic rings. The number of methoxy groups -OCH3 is 1. The number of carbonyl (C=O) groups excluding carboxylic acids is 1. The summed E-state index contributed by atoms with van der Waals surface area (Å²) in [5.41, 5.74) is 0. The van der Waals surface area contributed by atoms with E-state index in [1.165, 1.54) is 0 Å². The summed E-state index contributed by atoms with van der Waals surface area (Å²) in [4.78, 5) is 16.6. The number of urea groups is 1. The first-order valence-corrected chi connectivity index (χ1v) is 7.84. The number of rotatable bonds is 6. The van der Waals surface area contributed by atoms with Crippen molar-refractivity contribution in [3.8, 4) is 0 Å². The van der Waals surface area contributed by atoms with E-state index in [0.29, 0.717) is 19.1 Å². The molecule has 22 heavy (non-hydrogen) atoms. The van der Waals surface area contributed by atoms with Crippen LogP contribution in [0, 0.1) is 5.92 Å². The monoisotopic (exact) mass is 308 g/mol. The lowest BCUT2D eigenvalue weighted by Gasteiger charge is -2.22. The third-order valence-corrected chi connectivity index (χ3v) is 4.37. The number of amides is 2. The van der Waals surface area contributed by atoms with Crippen LogP contribution in [-0.4, -0.2) is 48.0 Å². The number of nitrogens with zero attached hydrogens (tertiary/aromatic N) is 2. The van der Waals surface area contributed by atoms with Crippen molar-refractivity contribution in [2.45, 2.75) is 37.5 Å². The Morgan fingerprint density at radius 2 is 2.36 bits per heavy atom. The van der Waals surface area contributed by atoms with E-state index in [9.17, 15) is 4.79 Å². The second-order valence-corrected chi connectivity index (χ2v) is 6.10. The number of carbonyl (C=O) groups is 1. The van der Waals surface area contributed by atoms with Crippen LogP contribution in [0.5, 0.6) is 0 Å². The van der Waals surface area contributed by atoms with E-state index in [1.54, 1.807) is 13.3 Å². The molecule has 0 spiro atoms. The van der Waals surface area contributed by atoms with Crippen LogP contribution in [0.15, 0.2) is 12.4 Å². The average molecular weight is 308 g/mol. The van der Waals surface area contributed by atoms with Crippen LogP contribution in [0.25, 0.3) is 0 Å². The zero-order valence-corrected chi connectivity index (χ0v) is 13.1. The number of nitrogens with one attached hydrogen (secondary N) is 2. The Bertz CT molecular complexity index is 515. The van der Waals surface area contributed by atoms with Crippen LogP contribution in [0.2, 0.25) is 0 Å².